The fourth-order valence-corrected chi connectivity index (χ4v) is 4.51. The molecule has 25 heavy (non-hydrogen) atoms. The number of allylic oxidation sites excluding steroid dienone is 1. The van der Waals surface area contributed by atoms with E-state index in [1.165, 1.54) is 0 Å². The summed E-state index contributed by atoms with van der Waals surface area (Å²) in [5.41, 5.74) is 1.00. The summed E-state index contributed by atoms with van der Waals surface area (Å²) in [7, 11) is -3.06. The largest absolute Gasteiger partial charge is 0.288 e. The third-order valence-electron chi connectivity index (χ3n) is 3.69. The van der Waals surface area contributed by atoms with E-state index in [1.54, 1.807) is 12.3 Å². The Morgan fingerprint density at radius 3 is 1.80 bits per heavy atom. The van der Waals surface area contributed by atoms with E-state index < -0.39 is 7.29 Å². The Balaban J connectivity index is 1.91. The topological polar surface area (TPSA) is 29.4 Å². The number of benzene rings is 3. The van der Waals surface area contributed by atoms with Gasteiger partial charge in [-0.1, -0.05) is 66.2 Å². The molecule has 0 heterocycles. The highest BCUT2D eigenvalue weighted by Gasteiger charge is 2.25. The number of nitrogens with zero attached hydrogens (tertiary/aromatic N) is 1. The number of hydrogen-bond donors (Lipinski definition) is 0. The van der Waals surface area contributed by atoms with E-state index in [1.807, 2.05) is 91.0 Å². The second-order valence-electron chi connectivity index (χ2n) is 5.42. The van der Waals surface area contributed by atoms with Crippen LogP contribution in [0.15, 0.2) is 95.8 Å². The molecule has 0 saturated heterocycles. The highest BCUT2D eigenvalue weighted by Crippen LogP contribution is 2.44. The minimum atomic E-state index is -3.06. The van der Waals surface area contributed by atoms with E-state index in [9.17, 15) is 4.57 Å². The van der Waals surface area contributed by atoms with Crippen LogP contribution >= 0.6 is 18.9 Å². The van der Waals surface area contributed by atoms with E-state index in [0.717, 1.165) is 16.2 Å². The van der Waals surface area contributed by atoms with Gasteiger partial charge in [-0.3, -0.25) is 4.57 Å². The molecule has 3 aromatic carbocycles. The molecule has 3 aromatic rings. The number of halogens is 1. The standard InChI is InChI=1S/C21H17ClNOP/c22-19-15-13-18(14-16-19)8-7-17-23-25(24,20-9-3-1-4-10-20)21-11-5-2-6-12-21/h1-17H/b8-7+,23-17+. The van der Waals surface area contributed by atoms with Gasteiger partial charge >= 0.3 is 0 Å². The summed E-state index contributed by atoms with van der Waals surface area (Å²) in [4.78, 5) is 0. The molecule has 0 spiro atoms. The van der Waals surface area contributed by atoms with Crippen molar-refractivity contribution in [2.45, 2.75) is 0 Å². The van der Waals surface area contributed by atoms with E-state index >= 15 is 0 Å². The zero-order valence-corrected chi connectivity index (χ0v) is 15.1. The third kappa shape index (κ3) is 4.36. The van der Waals surface area contributed by atoms with Crippen LogP contribution in [0.25, 0.3) is 6.08 Å². The Morgan fingerprint density at radius 2 is 1.28 bits per heavy atom. The van der Waals surface area contributed by atoms with Gasteiger partial charge in [0.05, 0.1) is 0 Å². The van der Waals surface area contributed by atoms with Crippen molar-refractivity contribution in [1.29, 1.82) is 0 Å². The summed E-state index contributed by atoms with van der Waals surface area (Å²) in [5.74, 6) is 0. The van der Waals surface area contributed by atoms with Gasteiger partial charge in [0.1, 0.15) is 0 Å². The first-order valence-electron chi connectivity index (χ1n) is 7.88. The molecule has 0 aliphatic heterocycles. The molecule has 0 N–H and O–H groups in total. The summed E-state index contributed by atoms with van der Waals surface area (Å²) < 4.78 is 18.1. The SMILES string of the molecule is O=P(/N=C/C=C/c1ccc(Cl)cc1)(c1ccccc1)c1ccccc1. The van der Waals surface area contributed by atoms with Crippen LogP contribution in [0.2, 0.25) is 5.02 Å². The molecule has 4 heteroatoms. The Labute approximate surface area is 152 Å². The van der Waals surface area contributed by atoms with Gasteiger partial charge in [0.25, 0.3) is 0 Å². The zero-order chi connectivity index (χ0) is 17.5. The van der Waals surface area contributed by atoms with Crippen molar-refractivity contribution >= 4 is 41.8 Å². The summed E-state index contributed by atoms with van der Waals surface area (Å²) in [6.45, 7) is 0. The van der Waals surface area contributed by atoms with Crippen LogP contribution in [-0.4, -0.2) is 6.21 Å². The third-order valence-corrected chi connectivity index (χ3v) is 6.39. The van der Waals surface area contributed by atoms with Crippen molar-refractivity contribution in [3.05, 3.63) is 102 Å². The van der Waals surface area contributed by atoms with Gasteiger partial charge in [-0.2, -0.15) is 0 Å². The molecular formula is C21H17ClNOP. The fraction of sp³-hybridized carbons (Fsp3) is 0. The van der Waals surface area contributed by atoms with Crippen LogP contribution < -0.4 is 10.6 Å². The maximum Gasteiger partial charge on any atom is 0.247 e. The van der Waals surface area contributed by atoms with E-state index in [-0.39, 0.29) is 0 Å². The molecule has 0 bridgehead atoms. The Morgan fingerprint density at radius 1 is 0.760 bits per heavy atom. The van der Waals surface area contributed by atoms with E-state index in [2.05, 4.69) is 4.76 Å². The average Bonchev–Trinajstić information content (AvgIpc) is 2.68. The second-order valence-corrected chi connectivity index (χ2v) is 8.27. The van der Waals surface area contributed by atoms with Gasteiger partial charge in [-0.15, -0.1) is 0 Å². The van der Waals surface area contributed by atoms with Gasteiger partial charge in [-0.25, -0.2) is 4.76 Å². The zero-order valence-electron chi connectivity index (χ0n) is 13.5. The van der Waals surface area contributed by atoms with Crippen molar-refractivity contribution < 1.29 is 4.57 Å². The molecule has 2 nitrogen and oxygen atoms in total. The lowest BCUT2D eigenvalue weighted by Crippen LogP contribution is -2.14. The summed E-state index contributed by atoms with van der Waals surface area (Å²) in [6.07, 6.45) is 5.30. The molecule has 0 atom stereocenters. The van der Waals surface area contributed by atoms with E-state index in [4.69, 9.17) is 11.6 Å². The van der Waals surface area contributed by atoms with Crippen LogP contribution in [0.5, 0.6) is 0 Å². The minimum absolute atomic E-state index is 0.698. The molecular weight excluding hydrogens is 349 g/mol. The first-order chi connectivity index (χ1) is 12.2. The van der Waals surface area contributed by atoms with Crippen molar-refractivity contribution in [3.63, 3.8) is 0 Å². The summed E-state index contributed by atoms with van der Waals surface area (Å²) in [5, 5.41) is 2.14. The van der Waals surface area contributed by atoms with Crippen LogP contribution in [0.4, 0.5) is 0 Å². The summed E-state index contributed by atoms with van der Waals surface area (Å²) in [6, 6.07) is 26.2. The van der Waals surface area contributed by atoms with Gasteiger partial charge < -0.3 is 0 Å². The van der Waals surface area contributed by atoms with Crippen LogP contribution in [0.3, 0.4) is 0 Å². The number of hydrogen-bond acceptors (Lipinski definition) is 1. The van der Waals surface area contributed by atoms with Crippen molar-refractivity contribution in [2.24, 2.45) is 4.76 Å². The molecule has 0 amide bonds. The van der Waals surface area contributed by atoms with Gasteiger partial charge in [0, 0.05) is 21.8 Å². The minimum Gasteiger partial charge on any atom is -0.288 e. The molecule has 124 valence electrons. The molecule has 0 saturated carbocycles. The molecule has 0 aliphatic rings. The molecule has 0 aromatic heterocycles. The maximum atomic E-state index is 13.6. The van der Waals surface area contributed by atoms with Crippen LogP contribution in [0, 0.1) is 0 Å². The Hall–Kier alpha value is -2.41. The van der Waals surface area contributed by atoms with Crippen molar-refractivity contribution in [1.82, 2.24) is 0 Å². The highest BCUT2D eigenvalue weighted by atomic mass is 35.5. The van der Waals surface area contributed by atoms with Crippen molar-refractivity contribution in [3.8, 4) is 0 Å². The Kier molecular flexibility index (Phi) is 5.65. The lowest BCUT2D eigenvalue weighted by atomic mass is 10.2. The van der Waals surface area contributed by atoms with Crippen LogP contribution in [-0.2, 0) is 4.57 Å². The van der Waals surface area contributed by atoms with Gasteiger partial charge in [0.15, 0.2) is 0 Å². The predicted octanol–water partition coefficient (Wildman–Crippen LogP) is 5.35. The smallest absolute Gasteiger partial charge is 0.247 e. The normalized spacial score (nSPS) is 12.0. The monoisotopic (exact) mass is 365 g/mol. The van der Waals surface area contributed by atoms with Gasteiger partial charge in [-0.05, 0) is 48.0 Å². The first kappa shape index (κ1) is 17.4. The molecule has 0 aliphatic carbocycles. The maximum absolute atomic E-state index is 13.6. The molecule has 3 rings (SSSR count). The van der Waals surface area contributed by atoms with E-state index in [0.29, 0.717) is 5.02 Å². The predicted molar refractivity (Wildman–Crippen MR) is 109 cm³/mol. The second kappa shape index (κ2) is 8.11. The average molecular weight is 366 g/mol. The van der Waals surface area contributed by atoms with Gasteiger partial charge in [0.2, 0.25) is 7.29 Å². The molecule has 0 radical (unpaired) electrons. The summed E-state index contributed by atoms with van der Waals surface area (Å²) >= 11 is 5.88. The fourth-order valence-electron chi connectivity index (χ4n) is 2.40. The lowest BCUT2D eigenvalue weighted by molar-refractivity contribution is 0.588. The highest BCUT2D eigenvalue weighted by molar-refractivity contribution is 7.77. The number of rotatable bonds is 5. The Bertz CT molecular complexity index is 876. The first-order valence-corrected chi connectivity index (χ1v) is 9.91. The van der Waals surface area contributed by atoms with Crippen LogP contribution in [0.1, 0.15) is 5.56 Å². The molecule has 0 fully saturated rings. The lowest BCUT2D eigenvalue weighted by Gasteiger charge is -2.13. The van der Waals surface area contributed by atoms with Crippen molar-refractivity contribution in [2.75, 3.05) is 0 Å². The molecule has 0 unspecified atom stereocenters. The quantitative estimate of drug-likeness (QED) is 0.442.